The fraction of sp³-hybridized carbons (Fsp3) is 0.192. The van der Waals surface area contributed by atoms with Crippen molar-refractivity contribution >= 4 is 0 Å². The van der Waals surface area contributed by atoms with Crippen LogP contribution in [0.3, 0.4) is 0 Å². The van der Waals surface area contributed by atoms with E-state index in [0.29, 0.717) is 13.1 Å². The van der Waals surface area contributed by atoms with E-state index in [0.717, 1.165) is 52.7 Å². The Bertz CT molecular complexity index is 1210. The summed E-state index contributed by atoms with van der Waals surface area (Å²) in [7, 11) is 0. The molecule has 0 aliphatic carbocycles. The molecule has 0 aliphatic rings. The zero-order valence-electron chi connectivity index (χ0n) is 18.5. The lowest BCUT2D eigenvalue weighted by atomic mass is 10.1. The van der Waals surface area contributed by atoms with Crippen LogP contribution >= 0.6 is 0 Å². The van der Waals surface area contributed by atoms with Crippen molar-refractivity contribution in [3.8, 4) is 22.5 Å². The predicted octanol–water partition coefficient (Wildman–Crippen LogP) is 5.20. The second-order valence-corrected chi connectivity index (χ2v) is 8.08. The molecule has 2 aromatic carbocycles. The van der Waals surface area contributed by atoms with E-state index < -0.39 is 0 Å². The highest BCUT2D eigenvalue weighted by Gasteiger charge is 2.16. The number of aromatic nitrogens is 4. The Balaban J connectivity index is 1.32. The monoisotopic (exact) mass is 439 g/mol. The molecule has 0 spiro atoms. The summed E-state index contributed by atoms with van der Waals surface area (Å²) in [5.41, 5.74) is 4.88. The van der Waals surface area contributed by atoms with E-state index in [2.05, 4.69) is 20.3 Å². The molecule has 0 bridgehead atoms. The maximum absolute atomic E-state index is 5.66. The van der Waals surface area contributed by atoms with Crippen LogP contribution in [0.5, 0.6) is 0 Å². The Hall–Kier alpha value is -3.97. The van der Waals surface area contributed by atoms with Crippen molar-refractivity contribution < 1.29 is 9.05 Å². The molecule has 0 aliphatic heterocycles. The molecule has 0 N–H and O–H groups in total. The van der Waals surface area contributed by atoms with Crippen LogP contribution in [-0.2, 0) is 19.6 Å². The zero-order valence-corrected chi connectivity index (χ0v) is 18.5. The van der Waals surface area contributed by atoms with Crippen molar-refractivity contribution in [1.29, 1.82) is 0 Å². The van der Waals surface area contributed by atoms with Crippen molar-refractivity contribution in [2.24, 2.45) is 0 Å². The lowest BCUT2D eigenvalue weighted by Crippen LogP contribution is -2.26. The van der Waals surface area contributed by atoms with Gasteiger partial charge in [0.15, 0.2) is 11.5 Å². The van der Waals surface area contributed by atoms with Crippen molar-refractivity contribution in [3.05, 3.63) is 102 Å². The van der Waals surface area contributed by atoms with Crippen LogP contribution in [0.1, 0.15) is 17.1 Å². The van der Waals surface area contributed by atoms with Crippen molar-refractivity contribution in [2.45, 2.75) is 26.6 Å². The SMILES string of the molecule is Cc1cnn(CCN(Cc2cc(-c3ccccc3)no2)Cc2cc(-c3ccccc3)no2)c1. The van der Waals surface area contributed by atoms with Gasteiger partial charge in [0, 0.05) is 36.0 Å². The van der Waals surface area contributed by atoms with Crippen LogP contribution in [0.25, 0.3) is 22.5 Å². The third-order valence-electron chi connectivity index (χ3n) is 5.42. The minimum atomic E-state index is 0.599. The highest BCUT2D eigenvalue weighted by molar-refractivity contribution is 5.59. The van der Waals surface area contributed by atoms with Gasteiger partial charge in [-0.15, -0.1) is 0 Å². The van der Waals surface area contributed by atoms with Gasteiger partial charge in [-0.2, -0.15) is 5.10 Å². The molecule has 3 heterocycles. The van der Waals surface area contributed by atoms with E-state index in [1.54, 1.807) is 0 Å². The molecular weight excluding hydrogens is 414 g/mol. The van der Waals surface area contributed by atoms with E-state index in [4.69, 9.17) is 9.05 Å². The Morgan fingerprint density at radius 1 is 0.788 bits per heavy atom. The first-order valence-electron chi connectivity index (χ1n) is 11.0. The molecule has 7 nitrogen and oxygen atoms in total. The first kappa shape index (κ1) is 20.9. The van der Waals surface area contributed by atoms with Crippen LogP contribution in [0.2, 0.25) is 0 Å². The number of benzene rings is 2. The second-order valence-electron chi connectivity index (χ2n) is 8.08. The first-order valence-corrected chi connectivity index (χ1v) is 11.0. The number of hydrogen-bond donors (Lipinski definition) is 0. The molecule has 0 saturated carbocycles. The fourth-order valence-corrected chi connectivity index (χ4v) is 3.75. The molecule has 5 aromatic rings. The third-order valence-corrected chi connectivity index (χ3v) is 5.42. The predicted molar refractivity (Wildman–Crippen MR) is 125 cm³/mol. The van der Waals surface area contributed by atoms with E-state index in [1.165, 1.54) is 0 Å². The number of rotatable bonds is 9. The lowest BCUT2D eigenvalue weighted by Gasteiger charge is -2.19. The minimum Gasteiger partial charge on any atom is -0.359 e. The van der Waals surface area contributed by atoms with Gasteiger partial charge in [0.1, 0.15) is 11.4 Å². The van der Waals surface area contributed by atoms with Gasteiger partial charge in [0.2, 0.25) is 0 Å². The Morgan fingerprint density at radius 2 is 1.33 bits per heavy atom. The van der Waals surface area contributed by atoms with Crippen molar-refractivity contribution in [3.63, 3.8) is 0 Å². The average molecular weight is 440 g/mol. The summed E-state index contributed by atoms with van der Waals surface area (Å²) in [6.07, 6.45) is 3.91. The average Bonchev–Trinajstić information content (AvgIpc) is 3.60. The summed E-state index contributed by atoms with van der Waals surface area (Å²) in [4.78, 5) is 2.25. The fourth-order valence-electron chi connectivity index (χ4n) is 3.75. The normalized spacial score (nSPS) is 11.3. The summed E-state index contributed by atoms with van der Waals surface area (Å²) in [6.45, 7) is 4.76. The van der Waals surface area contributed by atoms with Crippen molar-refractivity contribution in [2.75, 3.05) is 6.54 Å². The zero-order chi connectivity index (χ0) is 22.5. The van der Waals surface area contributed by atoms with Gasteiger partial charge < -0.3 is 9.05 Å². The van der Waals surface area contributed by atoms with Gasteiger partial charge in [-0.05, 0) is 12.5 Å². The Morgan fingerprint density at radius 3 is 1.82 bits per heavy atom. The quantitative estimate of drug-likeness (QED) is 0.314. The lowest BCUT2D eigenvalue weighted by molar-refractivity contribution is 0.192. The van der Waals surface area contributed by atoms with Gasteiger partial charge in [-0.25, -0.2) is 0 Å². The molecule has 0 amide bonds. The summed E-state index contributed by atoms with van der Waals surface area (Å²) in [5.74, 6) is 1.60. The first-order chi connectivity index (χ1) is 16.2. The van der Waals surface area contributed by atoms with Gasteiger partial charge in [0.25, 0.3) is 0 Å². The Kier molecular flexibility index (Phi) is 6.12. The maximum atomic E-state index is 5.66. The van der Waals surface area contributed by atoms with E-state index in [1.807, 2.05) is 96.8 Å². The summed E-state index contributed by atoms with van der Waals surface area (Å²) in [5, 5.41) is 12.9. The molecule has 5 rings (SSSR count). The van der Waals surface area contributed by atoms with Gasteiger partial charge in [-0.3, -0.25) is 9.58 Å². The van der Waals surface area contributed by atoms with E-state index in [9.17, 15) is 0 Å². The van der Waals surface area contributed by atoms with Crippen LogP contribution in [0.15, 0.2) is 94.2 Å². The van der Waals surface area contributed by atoms with Crippen LogP contribution < -0.4 is 0 Å². The standard InChI is InChI=1S/C26H25N5O2/c1-20-16-27-31(17-20)13-12-30(18-23-14-25(28-32-23)21-8-4-2-5-9-21)19-24-15-26(29-33-24)22-10-6-3-7-11-22/h2-11,14-17H,12-13,18-19H2,1H3. The summed E-state index contributed by atoms with van der Waals surface area (Å²) in [6, 6.07) is 24.1. The van der Waals surface area contributed by atoms with Gasteiger partial charge in [0.05, 0.1) is 25.8 Å². The molecule has 0 unspecified atom stereocenters. The molecule has 3 aromatic heterocycles. The molecule has 0 fully saturated rings. The molecule has 166 valence electrons. The summed E-state index contributed by atoms with van der Waals surface area (Å²) >= 11 is 0. The summed E-state index contributed by atoms with van der Waals surface area (Å²) < 4.78 is 13.3. The molecule has 0 atom stereocenters. The molecular formula is C26H25N5O2. The van der Waals surface area contributed by atoms with Crippen LogP contribution in [0, 0.1) is 6.92 Å². The second kappa shape index (κ2) is 9.67. The number of hydrogen-bond acceptors (Lipinski definition) is 6. The highest BCUT2D eigenvalue weighted by atomic mass is 16.5. The molecule has 0 saturated heterocycles. The highest BCUT2D eigenvalue weighted by Crippen LogP contribution is 2.22. The Labute approximate surface area is 192 Å². The minimum absolute atomic E-state index is 0.599. The largest absolute Gasteiger partial charge is 0.359 e. The van der Waals surface area contributed by atoms with Gasteiger partial charge >= 0.3 is 0 Å². The van der Waals surface area contributed by atoms with Crippen LogP contribution in [0.4, 0.5) is 0 Å². The number of aryl methyl sites for hydroxylation is 1. The van der Waals surface area contributed by atoms with Gasteiger partial charge in [-0.1, -0.05) is 71.0 Å². The van der Waals surface area contributed by atoms with Crippen LogP contribution in [-0.4, -0.2) is 31.5 Å². The molecule has 7 heteroatoms. The topological polar surface area (TPSA) is 73.1 Å². The smallest absolute Gasteiger partial charge is 0.151 e. The number of nitrogens with zero attached hydrogens (tertiary/aromatic N) is 5. The maximum Gasteiger partial charge on any atom is 0.151 e. The van der Waals surface area contributed by atoms with E-state index >= 15 is 0 Å². The third kappa shape index (κ3) is 5.27. The van der Waals surface area contributed by atoms with E-state index in [-0.39, 0.29) is 0 Å². The molecule has 33 heavy (non-hydrogen) atoms. The van der Waals surface area contributed by atoms with Crippen molar-refractivity contribution in [1.82, 2.24) is 25.0 Å². The molecule has 0 radical (unpaired) electrons.